The molecule has 0 spiro atoms. The summed E-state index contributed by atoms with van der Waals surface area (Å²) in [6.45, 7) is 1.62. The van der Waals surface area contributed by atoms with Crippen molar-refractivity contribution in [2.45, 2.75) is 12.8 Å². The summed E-state index contributed by atoms with van der Waals surface area (Å²) >= 11 is 1.38. The van der Waals surface area contributed by atoms with E-state index >= 15 is 0 Å². The van der Waals surface area contributed by atoms with E-state index in [1.807, 2.05) is 29.2 Å². The lowest BCUT2D eigenvalue weighted by Gasteiger charge is -2.13. The summed E-state index contributed by atoms with van der Waals surface area (Å²) in [6.07, 6.45) is 2.13. The molecule has 0 unspecified atom stereocenters. The number of thiophene rings is 1. The van der Waals surface area contributed by atoms with Crippen LogP contribution in [0, 0.1) is 0 Å². The molecule has 1 aliphatic rings. The van der Waals surface area contributed by atoms with Gasteiger partial charge >= 0.3 is 0 Å². The number of likely N-dealkylation sites (tertiary alicyclic amines) is 1. The van der Waals surface area contributed by atoms with Crippen molar-refractivity contribution in [3.05, 3.63) is 29.1 Å². The number of fused-ring (bicyclic) bond motifs is 1. The van der Waals surface area contributed by atoms with Gasteiger partial charge in [-0.2, -0.15) is 0 Å². The molecule has 17 heavy (non-hydrogen) atoms. The lowest BCUT2D eigenvalue weighted by Crippen LogP contribution is -2.26. The van der Waals surface area contributed by atoms with Crippen LogP contribution >= 0.6 is 11.3 Å². The van der Waals surface area contributed by atoms with Crippen LogP contribution in [0.3, 0.4) is 0 Å². The van der Waals surface area contributed by atoms with E-state index in [0.29, 0.717) is 4.88 Å². The summed E-state index contributed by atoms with van der Waals surface area (Å²) in [4.78, 5) is 14.5. The summed E-state index contributed by atoms with van der Waals surface area (Å²) in [5, 5.41) is 10.9. The van der Waals surface area contributed by atoms with E-state index < -0.39 is 0 Å². The van der Waals surface area contributed by atoms with Gasteiger partial charge in [-0.1, -0.05) is 12.1 Å². The topological polar surface area (TPSA) is 40.5 Å². The third-order valence-electron chi connectivity index (χ3n) is 3.16. The Morgan fingerprint density at radius 1 is 1.24 bits per heavy atom. The summed E-state index contributed by atoms with van der Waals surface area (Å²) in [6, 6.07) is 7.57. The number of benzene rings is 1. The first-order valence-corrected chi connectivity index (χ1v) is 6.59. The molecule has 1 N–H and O–H groups in total. The smallest absolute Gasteiger partial charge is 0.267 e. The maximum atomic E-state index is 12.2. The Labute approximate surface area is 103 Å². The van der Waals surface area contributed by atoms with Crippen LogP contribution in [0.1, 0.15) is 22.5 Å². The average Bonchev–Trinajstić information content (AvgIpc) is 2.97. The van der Waals surface area contributed by atoms with Crippen molar-refractivity contribution in [2.24, 2.45) is 0 Å². The second kappa shape index (κ2) is 4.04. The highest BCUT2D eigenvalue weighted by molar-refractivity contribution is 7.21. The van der Waals surface area contributed by atoms with Gasteiger partial charge in [0.2, 0.25) is 0 Å². The minimum atomic E-state index is -0.0267. The maximum absolute atomic E-state index is 12.2. The molecule has 1 aliphatic heterocycles. The molecule has 0 atom stereocenters. The van der Waals surface area contributed by atoms with E-state index in [4.69, 9.17) is 0 Å². The van der Waals surface area contributed by atoms with Crippen LogP contribution in [0.15, 0.2) is 24.3 Å². The van der Waals surface area contributed by atoms with Gasteiger partial charge in [-0.15, -0.1) is 11.3 Å². The van der Waals surface area contributed by atoms with Crippen LogP contribution in [0.25, 0.3) is 10.1 Å². The van der Waals surface area contributed by atoms with Crippen LogP contribution in [0.4, 0.5) is 0 Å². The molecule has 3 rings (SSSR count). The Morgan fingerprint density at radius 3 is 2.65 bits per heavy atom. The molecule has 1 amide bonds. The molecule has 1 saturated heterocycles. The zero-order valence-corrected chi connectivity index (χ0v) is 10.2. The van der Waals surface area contributed by atoms with Crippen molar-refractivity contribution in [3.63, 3.8) is 0 Å². The Morgan fingerprint density at radius 2 is 1.94 bits per heavy atom. The number of carbonyl (C=O) groups excluding carboxylic acids is 1. The normalized spacial score (nSPS) is 15.6. The quantitative estimate of drug-likeness (QED) is 0.841. The second-order valence-corrected chi connectivity index (χ2v) is 5.33. The van der Waals surface area contributed by atoms with E-state index in [1.165, 1.54) is 11.3 Å². The second-order valence-electron chi connectivity index (χ2n) is 4.28. The van der Waals surface area contributed by atoms with Gasteiger partial charge in [-0.25, -0.2) is 0 Å². The minimum absolute atomic E-state index is 0.0267. The third kappa shape index (κ3) is 1.69. The molecule has 1 aromatic carbocycles. The molecule has 0 bridgehead atoms. The van der Waals surface area contributed by atoms with Crippen molar-refractivity contribution in [1.82, 2.24) is 4.90 Å². The number of aromatic hydroxyl groups is 1. The van der Waals surface area contributed by atoms with Crippen LogP contribution < -0.4 is 0 Å². The summed E-state index contributed by atoms with van der Waals surface area (Å²) < 4.78 is 0.965. The molecule has 4 heteroatoms. The zero-order chi connectivity index (χ0) is 11.8. The molecular weight excluding hydrogens is 234 g/mol. The van der Waals surface area contributed by atoms with E-state index in [1.54, 1.807) is 0 Å². The molecule has 2 aromatic rings. The SMILES string of the molecule is O=C(c1sc2ccccc2c1O)N1CCCC1. The number of hydrogen-bond acceptors (Lipinski definition) is 3. The van der Waals surface area contributed by atoms with Gasteiger partial charge in [0.1, 0.15) is 10.6 Å². The third-order valence-corrected chi connectivity index (χ3v) is 4.30. The number of carbonyl (C=O) groups is 1. The standard InChI is InChI=1S/C13H13NO2S/c15-11-9-5-1-2-6-10(9)17-12(11)13(16)14-7-3-4-8-14/h1-2,5-6,15H,3-4,7-8H2. The van der Waals surface area contributed by atoms with Gasteiger partial charge in [-0.3, -0.25) is 4.79 Å². The largest absolute Gasteiger partial charge is 0.506 e. The van der Waals surface area contributed by atoms with Crippen LogP contribution in [0.5, 0.6) is 5.75 Å². The zero-order valence-electron chi connectivity index (χ0n) is 9.35. The molecule has 88 valence electrons. The van der Waals surface area contributed by atoms with Crippen LogP contribution in [0.2, 0.25) is 0 Å². The number of hydrogen-bond donors (Lipinski definition) is 1. The predicted octanol–water partition coefficient (Wildman–Crippen LogP) is 2.84. The molecule has 2 heterocycles. The Hall–Kier alpha value is -1.55. The van der Waals surface area contributed by atoms with Crippen molar-refractivity contribution in [2.75, 3.05) is 13.1 Å². The minimum Gasteiger partial charge on any atom is -0.506 e. The highest BCUT2D eigenvalue weighted by Crippen LogP contribution is 2.37. The Balaban J connectivity index is 2.05. The number of amides is 1. The molecular formula is C13H13NO2S. The van der Waals surface area contributed by atoms with Crippen molar-refractivity contribution in [3.8, 4) is 5.75 Å². The van der Waals surface area contributed by atoms with Crippen molar-refractivity contribution < 1.29 is 9.90 Å². The highest BCUT2D eigenvalue weighted by Gasteiger charge is 2.24. The van der Waals surface area contributed by atoms with E-state index in [9.17, 15) is 9.90 Å². The van der Waals surface area contributed by atoms with Gasteiger partial charge in [0, 0.05) is 23.2 Å². The highest BCUT2D eigenvalue weighted by atomic mass is 32.1. The van der Waals surface area contributed by atoms with Crippen LogP contribution in [-0.2, 0) is 0 Å². The van der Waals surface area contributed by atoms with Gasteiger partial charge in [-0.05, 0) is 25.0 Å². The van der Waals surface area contributed by atoms with E-state index in [2.05, 4.69) is 0 Å². The first kappa shape index (κ1) is 10.6. The molecule has 0 aliphatic carbocycles. The number of nitrogens with zero attached hydrogens (tertiary/aromatic N) is 1. The average molecular weight is 247 g/mol. The van der Waals surface area contributed by atoms with Gasteiger partial charge in [0.25, 0.3) is 5.91 Å². The summed E-state index contributed by atoms with van der Waals surface area (Å²) in [5.74, 6) is 0.115. The van der Waals surface area contributed by atoms with Gasteiger partial charge < -0.3 is 10.0 Å². The Kier molecular flexibility index (Phi) is 2.52. The Bertz CT molecular complexity index is 570. The fourth-order valence-corrected chi connectivity index (χ4v) is 3.30. The van der Waals surface area contributed by atoms with Gasteiger partial charge in [0.15, 0.2) is 0 Å². The molecule has 1 fully saturated rings. The first-order valence-electron chi connectivity index (χ1n) is 5.77. The van der Waals surface area contributed by atoms with Crippen LogP contribution in [-0.4, -0.2) is 29.0 Å². The molecule has 0 saturated carbocycles. The monoisotopic (exact) mass is 247 g/mol. The first-order chi connectivity index (χ1) is 8.27. The lowest BCUT2D eigenvalue weighted by molar-refractivity contribution is 0.0795. The lowest BCUT2D eigenvalue weighted by atomic mass is 10.2. The van der Waals surface area contributed by atoms with Crippen molar-refractivity contribution in [1.29, 1.82) is 0 Å². The van der Waals surface area contributed by atoms with Gasteiger partial charge in [0.05, 0.1) is 0 Å². The predicted molar refractivity (Wildman–Crippen MR) is 68.6 cm³/mol. The molecule has 3 nitrogen and oxygen atoms in total. The fourth-order valence-electron chi connectivity index (χ4n) is 2.24. The fraction of sp³-hybridized carbons (Fsp3) is 0.308. The van der Waals surface area contributed by atoms with Crippen molar-refractivity contribution >= 4 is 27.3 Å². The molecule has 1 aromatic heterocycles. The maximum Gasteiger partial charge on any atom is 0.267 e. The summed E-state index contributed by atoms with van der Waals surface area (Å²) in [5.41, 5.74) is 0. The molecule has 0 radical (unpaired) electrons. The summed E-state index contributed by atoms with van der Waals surface area (Å²) in [7, 11) is 0. The van der Waals surface area contributed by atoms with E-state index in [-0.39, 0.29) is 11.7 Å². The van der Waals surface area contributed by atoms with E-state index in [0.717, 1.165) is 36.0 Å². The number of rotatable bonds is 1.